The molecular weight excluding hydrogens is 390 g/mol. The van der Waals surface area contributed by atoms with Gasteiger partial charge >= 0.3 is 5.97 Å². The molecule has 0 radical (unpaired) electrons. The van der Waals surface area contributed by atoms with Crippen LogP contribution in [0.5, 0.6) is 0 Å². The van der Waals surface area contributed by atoms with Crippen molar-refractivity contribution in [3.8, 4) is 0 Å². The maximum absolute atomic E-state index is 13.0. The molecule has 0 fully saturated rings. The lowest BCUT2D eigenvalue weighted by atomic mass is 9.79. The minimum absolute atomic E-state index is 0.307. The Morgan fingerprint density at radius 3 is 2.48 bits per heavy atom. The monoisotopic (exact) mass is 411 g/mol. The summed E-state index contributed by atoms with van der Waals surface area (Å²) >= 11 is 1.52. The molecule has 8 heteroatoms. The second-order valence-corrected chi connectivity index (χ2v) is 7.88. The van der Waals surface area contributed by atoms with E-state index < -0.39 is 29.8 Å². The molecule has 1 heterocycles. The van der Waals surface area contributed by atoms with Crippen molar-refractivity contribution in [3.63, 3.8) is 0 Å². The average Bonchev–Trinajstić information content (AvgIpc) is 3.13. The molecule has 0 unspecified atom stereocenters. The van der Waals surface area contributed by atoms with Gasteiger partial charge in [0.2, 0.25) is 5.91 Å². The number of aromatic nitrogens is 1. The first-order valence-electron chi connectivity index (χ1n) is 9.01. The van der Waals surface area contributed by atoms with Gasteiger partial charge in [-0.3, -0.25) is 14.4 Å². The largest absolute Gasteiger partial charge is 0.455 e. The van der Waals surface area contributed by atoms with E-state index in [1.165, 1.54) is 11.3 Å². The number of esters is 1. The predicted octanol–water partition coefficient (Wildman–Crippen LogP) is 1.94. The number of nitrogens with one attached hydrogen (secondary N) is 1. The summed E-state index contributed by atoms with van der Waals surface area (Å²) in [4.78, 5) is 40.2. The molecule has 3 rings (SSSR count). The first-order valence-corrected chi connectivity index (χ1v) is 9.82. The third-order valence-corrected chi connectivity index (χ3v) is 5.53. The number of benzene rings is 2. The van der Waals surface area contributed by atoms with Crippen molar-refractivity contribution in [1.82, 2.24) is 10.3 Å². The predicted molar refractivity (Wildman–Crippen MR) is 110 cm³/mol. The number of hydrogen-bond acceptors (Lipinski definition) is 6. The summed E-state index contributed by atoms with van der Waals surface area (Å²) in [5.74, 6) is -1.81. The first kappa shape index (κ1) is 20.5. The zero-order valence-corrected chi connectivity index (χ0v) is 16.7. The van der Waals surface area contributed by atoms with Crippen molar-refractivity contribution >= 4 is 39.3 Å². The Morgan fingerprint density at radius 2 is 1.79 bits per heavy atom. The highest BCUT2D eigenvalue weighted by Gasteiger charge is 2.38. The molecule has 150 valence electrons. The maximum atomic E-state index is 13.0. The number of primary amides is 1. The van der Waals surface area contributed by atoms with Gasteiger partial charge in [0.1, 0.15) is 0 Å². The Labute approximate surface area is 171 Å². The topological polar surface area (TPSA) is 111 Å². The molecule has 0 aliphatic heterocycles. The smallest absolute Gasteiger partial charge is 0.317 e. The van der Waals surface area contributed by atoms with Crippen molar-refractivity contribution in [1.29, 1.82) is 0 Å². The molecule has 29 heavy (non-hydrogen) atoms. The Hall–Kier alpha value is -3.26. The number of fused-ring (bicyclic) bond motifs is 1. The number of thiazole rings is 1. The van der Waals surface area contributed by atoms with E-state index in [4.69, 9.17) is 10.5 Å². The number of ether oxygens (including phenoxy) is 1. The summed E-state index contributed by atoms with van der Waals surface area (Å²) < 4.78 is 6.31. The number of para-hydroxylation sites is 1. The molecular formula is C21H21N3O4S. The molecule has 0 aliphatic carbocycles. The van der Waals surface area contributed by atoms with E-state index >= 15 is 0 Å². The number of nitrogens with two attached hydrogens (primary N) is 1. The van der Waals surface area contributed by atoms with Gasteiger partial charge in [0.05, 0.1) is 27.2 Å². The Morgan fingerprint density at radius 1 is 1.10 bits per heavy atom. The quantitative estimate of drug-likeness (QED) is 0.550. The third-order valence-electron chi connectivity index (χ3n) is 4.50. The van der Waals surface area contributed by atoms with Crippen LogP contribution in [-0.2, 0) is 31.0 Å². The zero-order valence-electron chi connectivity index (χ0n) is 15.9. The van der Waals surface area contributed by atoms with E-state index in [1.54, 1.807) is 6.92 Å². The Kier molecular flexibility index (Phi) is 6.23. The van der Waals surface area contributed by atoms with E-state index in [2.05, 4.69) is 10.3 Å². The zero-order chi connectivity index (χ0) is 20.9. The van der Waals surface area contributed by atoms with Gasteiger partial charge in [0.15, 0.2) is 6.61 Å². The highest BCUT2D eigenvalue weighted by atomic mass is 32.1. The van der Waals surface area contributed by atoms with Gasteiger partial charge in [-0.25, -0.2) is 4.98 Å². The van der Waals surface area contributed by atoms with Crippen LogP contribution in [-0.4, -0.2) is 35.9 Å². The number of hydrogen-bond donors (Lipinski definition) is 2. The third kappa shape index (κ3) is 4.97. The molecule has 2 amide bonds. The van der Waals surface area contributed by atoms with Crippen molar-refractivity contribution in [2.75, 3.05) is 13.2 Å². The lowest BCUT2D eigenvalue weighted by Gasteiger charge is -2.27. The fourth-order valence-corrected chi connectivity index (χ4v) is 4.05. The van der Waals surface area contributed by atoms with Gasteiger partial charge in [-0.2, -0.15) is 0 Å². The molecule has 0 saturated heterocycles. The minimum Gasteiger partial charge on any atom is -0.455 e. The summed E-state index contributed by atoms with van der Waals surface area (Å²) in [5.41, 5.74) is 5.61. The summed E-state index contributed by atoms with van der Waals surface area (Å²) in [6.45, 7) is 0.977. The summed E-state index contributed by atoms with van der Waals surface area (Å²) in [7, 11) is 0. The summed E-state index contributed by atoms with van der Waals surface area (Å²) in [6, 6.07) is 17.0. The molecule has 7 nitrogen and oxygen atoms in total. The highest BCUT2D eigenvalue weighted by molar-refractivity contribution is 7.18. The van der Waals surface area contributed by atoms with Crippen LogP contribution in [0.15, 0.2) is 54.6 Å². The van der Waals surface area contributed by atoms with Crippen LogP contribution in [0.3, 0.4) is 0 Å². The van der Waals surface area contributed by atoms with Crippen LogP contribution in [0, 0.1) is 0 Å². The van der Waals surface area contributed by atoms with Crippen LogP contribution >= 0.6 is 11.3 Å². The Bertz CT molecular complexity index is 1000. The minimum atomic E-state index is -1.03. The lowest BCUT2D eigenvalue weighted by molar-refractivity contribution is -0.154. The number of amides is 2. The second kappa shape index (κ2) is 8.83. The van der Waals surface area contributed by atoms with Crippen LogP contribution in [0.1, 0.15) is 17.5 Å². The van der Waals surface area contributed by atoms with Crippen LogP contribution in [0.25, 0.3) is 10.2 Å². The van der Waals surface area contributed by atoms with Crippen molar-refractivity contribution in [2.45, 2.75) is 18.8 Å². The lowest BCUT2D eigenvalue weighted by Crippen LogP contribution is -2.40. The molecule has 0 bridgehead atoms. The fraction of sp³-hybridized carbons (Fsp3) is 0.238. The van der Waals surface area contributed by atoms with Gasteiger partial charge in [0, 0.05) is 6.42 Å². The standard InChI is InChI=1S/C21H21N3O4S/c1-21(14-7-3-2-4-8-14,20(27)28-13-18(26)23-12-17(22)25)11-19-24-15-9-5-6-10-16(15)29-19/h2-10H,11-13H2,1H3,(H2,22,25)(H,23,26)/t21-/m1/s1. The first-order chi connectivity index (χ1) is 13.9. The van der Waals surface area contributed by atoms with Crippen LogP contribution < -0.4 is 11.1 Å². The van der Waals surface area contributed by atoms with E-state index in [-0.39, 0.29) is 6.54 Å². The van der Waals surface area contributed by atoms with Gasteiger partial charge in [-0.15, -0.1) is 11.3 Å². The maximum Gasteiger partial charge on any atom is 0.317 e. The fourth-order valence-electron chi connectivity index (χ4n) is 2.92. The number of carbonyl (C=O) groups is 3. The SMILES string of the molecule is C[C@](Cc1nc2ccccc2s1)(C(=O)OCC(=O)NCC(N)=O)c1ccccc1. The van der Waals surface area contributed by atoms with E-state index in [0.717, 1.165) is 20.8 Å². The molecule has 0 saturated carbocycles. The molecule has 3 N–H and O–H groups in total. The number of carbonyl (C=O) groups excluding carboxylic acids is 3. The van der Waals surface area contributed by atoms with Gasteiger partial charge < -0.3 is 15.8 Å². The molecule has 2 aromatic carbocycles. The van der Waals surface area contributed by atoms with Crippen LogP contribution in [0.2, 0.25) is 0 Å². The summed E-state index contributed by atoms with van der Waals surface area (Å²) in [6.07, 6.45) is 0.331. The van der Waals surface area contributed by atoms with Gasteiger partial charge in [-0.1, -0.05) is 42.5 Å². The molecule has 1 atom stereocenters. The van der Waals surface area contributed by atoms with E-state index in [0.29, 0.717) is 6.42 Å². The summed E-state index contributed by atoms with van der Waals surface area (Å²) in [5, 5.41) is 3.09. The van der Waals surface area contributed by atoms with Crippen molar-refractivity contribution < 1.29 is 19.1 Å². The highest BCUT2D eigenvalue weighted by Crippen LogP contribution is 2.33. The van der Waals surface area contributed by atoms with E-state index in [1.807, 2.05) is 54.6 Å². The molecule has 0 spiro atoms. The average molecular weight is 411 g/mol. The van der Waals surface area contributed by atoms with Crippen molar-refractivity contribution in [3.05, 3.63) is 65.2 Å². The molecule has 0 aliphatic rings. The van der Waals surface area contributed by atoms with Gasteiger partial charge in [0.25, 0.3) is 5.91 Å². The molecule has 3 aromatic rings. The van der Waals surface area contributed by atoms with E-state index in [9.17, 15) is 14.4 Å². The van der Waals surface area contributed by atoms with Gasteiger partial charge in [-0.05, 0) is 24.6 Å². The number of rotatable bonds is 8. The number of nitrogens with zero attached hydrogens (tertiary/aromatic N) is 1. The normalized spacial score (nSPS) is 12.9. The van der Waals surface area contributed by atoms with Crippen molar-refractivity contribution in [2.24, 2.45) is 5.73 Å². The second-order valence-electron chi connectivity index (χ2n) is 6.77. The Balaban J connectivity index is 1.81. The van der Waals surface area contributed by atoms with Crippen LogP contribution in [0.4, 0.5) is 0 Å². The molecule has 1 aromatic heterocycles.